The Hall–Kier alpha value is -1.40. The highest BCUT2D eigenvalue weighted by Crippen LogP contribution is 2.24. The van der Waals surface area contributed by atoms with Gasteiger partial charge in [-0.05, 0) is 28.1 Å². The second-order valence-electron chi connectivity index (χ2n) is 4.19. The molecule has 0 aliphatic rings. The Labute approximate surface area is 124 Å². The average molecular weight is 340 g/mol. The molecule has 3 N–H and O–H groups in total. The minimum absolute atomic E-state index is 0.136. The molecule has 0 radical (unpaired) electrons. The number of rotatable bonds is 4. The number of carbonyl (C=O) groups is 1. The normalized spacial score (nSPS) is 12.1. The number of thiazole rings is 1. The van der Waals surface area contributed by atoms with Gasteiger partial charge in [-0.2, -0.15) is 0 Å². The predicted octanol–water partition coefficient (Wildman–Crippen LogP) is 3.02. The van der Waals surface area contributed by atoms with Crippen molar-refractivity contribution in [1.82, 2.24) is 10.3 Å². The van der Waals surface area contributed by atoms with Crippen LogP contribution in [0.2, 0.25) is 0 Å². The number of aromatic nitrogens is 1. The zero-order valence-electron chi connectivity index (χ0n) is 10.4. The van der Waals surface area contributed by atoms with Crippen molar-refractivity contribution in [2.75, 3.05) is 12.3 Å². The maximum atomic E-state index is 12.1. The highest BCUT2D eigenvalue weighted by molar-refractivity contribution is 9.10. The number of nitrogens with zero attached hydrogens (tertiary/aromatic N) is 1. The van der Waals surface area contributed by atoms with Crippen LogP contribution in [0.15, 0.2) is 34.2 Å². The Kier molecular flexibility index (Phi) is 4.55. The van der Waals surface area contributed by atoms with Crippen molar-refractivity contribution in [2.24, 2.45) is 0 Å². The summed E-state index contributed by atoms with van der Waals surface area (Å²) in [5.41, 5.74) is 6.86. The van der Waals surface area contributed by atoms with Crippen LogP contribution in [0.5, 0.6) is 0 Å². The zero-order chi connectivity index (χ0) is 13.8. The second-order valence-corrected chi connectivity index (χ2v) is 5.91. The molecule has 19 heavy (non-hydrogen) atoms. The first kappa shape index (κ1) is 14.0. The Bertz CT molecular complexity index is 571. The fraction of sp³-hybridized carbons (Fsp3) is 0.231. The van der Waals surface area contributed by atoms with Gasteiger partial charge >= 0.3 is 0 Å². The average Bonchev–Trinajstić information content (AvgIpc) is 2.93. The maximum absolute atomic E-state index is 12.1. The van der Waals surface area contributed by atoms with E-state index in [0.717, 1.165) is 5.01 Å². The Morgan fingerprint density at radius 3 is 3.05 bits per heavy atom. The number of benzene rings is 1. The highest BCUT2D eigenvalue weighted by Gasteiger charge is 2.14. The maximum Gasteiger partial charge on any atom is 0.252 e. The molecule has 0 aliphatic heterocycles. The van der Waals surface area contributed by atoms with E-state index in [1.165, 1.54) is 0 Å². The molecule has 2 aromatic rings. The molecule has 0 bridgehead atoms. The van der Waals surface area contributed by atoms with E-state index in [0.29, 0.717) is 22.3 Å². The topological polar surface area (TPSA) is 68.0 Å². The summed E-state index contributed by atoms with van der Waals surface area (Å²) in [5.74, 6) is 0.0614. The van der Waals surface area contributed by atoms with Crippen LogP contribution in [-0.4, -0.2) is 17.4 Å². The summed E-state index contributed by atoms with van der Waals surface area (Å²) in [6, 6.07) is 5.25. The van der Waals surface area contributed by atoms with Crippen molar-refractivity contribution in [1.29, 1.82) is 0 Å². The van der Waals surface area contributed by atoms with Crippen LogP contribution in [0.25, 0.3) is 0 Å². The Morgan fingerprint density at radius 2 is 2.37 bits per heavy atom. The molecule has 0 saturated heterocycles. The summed E-state index contributed by atoms with van der Waals surface area (Å²) in [5, 5.41) is 5.85. The number of carbonyl (C=O) groups excluding carboxylic acids is 1. The number of nitrogens with one attached hydrogen (secondary N) is 1. The first-order chi connectivity index (χ1) is 9.09. The number of nitrogen functional groups attached to an aromatic ring is 1. The number of nitrogens with two attached hydrogens (primary N) is 1. The number of hydrogen-bond acceptors (Lipinski definition) is 4. The van der Waals surface area contributed by atoms with Crippen LogP contribution in [0.3, 0.4) is 0 Å². The molecule has 0 aliphatic carbocycles. The Balaban J connectivity index is 2.00. The lowest BCUT2D eigenvalue weighted by Gasteiger charge is -2.11. The van der Waals surface area contributed by atoms with Gasteiger partial charge in [-0.1, -0.05) is 13.0 Å². The summed E-state index contributed by atoms with van der Waals surface area (Å²) in [6.07, 6.45) is 1.77. The van der Waals surface area contributed by atoms with Crippen molar-refractivity contribution in [3.8, 4) is 0 Å². The quantitative estimate of drug-likeness (QED) is 0.841. The van der Waals surface area contributed by atoms with Gasteiger partial charge in [0.05, 0.1) is 15.0 Å². The van der Waals surface area contributed by atoms with Gasteiger partial charge in [0.25, 0.3) is 5.91 Å². The van der Waals surface area contributed by atoms with Crippen molar-refractivity contribution < 1.29 is 4.79 Å². The molecule has 0 saturated carbocycles. The minimum Gasteiger partial charge on any atom is -0.398 e. The minimum atomic E-state index is -0.136. The van der Waals surface area contributed by atoms with Crippen molar-refractivity contribution in [2.45, 2.75) is 12.8 Å². The second kappa shape index (κ2) is 6.16. The van der Waals surface area contributed by atoms with Gasteiger partial charge in [-0.3, -0.25) is 4.79 Å². The van der Waals surface area contributed by atoms with Gasteiger partial charge in [0, 0.05) is 29.7 Å². The lowest BCUT2D eigenvalue weighted by atomic mass is 10.1. The SMILES string of the molecule is CC(CNC(=O)c1cccc(N)c1Br)c1nccs1. The highest BCUT2D eigenvalue weighted by atomic mass is 79.9. The molecular weight excluding hydrogens is 326 g/mol. The monoisotopic (exact) mass is 339 g/mol. The molecule has 2 rings (SSSR count). The molecule has 100 valence electrons. The van der Waals surface area contributed by atoms with E-state index in [1.54, 1.807) is 35.7 Å². The van der Waals surface area contributed by atoms with Crippen molar-refractivity contribution >= 4 is 38.9 Å². The molecule has 4 nitrogen and oxygen atoms in total. The number of hydrogen-bond donors (Lipinski definition) is 2. The molecular formula is C13H14BrN3OS. The van der Waals surface area contributed by atoms with Gasteiger partial charge in [-0.25, -0.2) is 4.98 Å². The third kappa shape index (κ3) is 3.33. The van der Waals surface area contributed by atoms with Crippen molar-refractivity contribution in [3.63, 3.8) is 0 Å². The van der Waals surface area contributed by atoms with Crippen LogP contribution >= 0.6 is 27.3 Å². The standard InChI is InChI=1S/C13H14BrN3OS/c1-8(13-16-5-6-19-13)7-17-12(18)9-3-2-4-10(15)11(9)14/h2-6,8H,7,15H2,1H3,(H,17,18). The number of anilines is 1. The molecule has 0 spiro atoms. The summed E-state index contributed by atoms with van der Waals surface area (Å²) in [4.78, 5) is 16.3. The summed E-state index contributed by atoms with van der Waals surface area (Å²) in [6.45, 7) is 2.58. The van der Waals surface area contributed by atoms with Gasteiger partial charge in [0.2, 0.25) is 0 Å². The first-order valence-corrected chi connectivity index (χ1v) is 7.48. The summed E-state index contributed by atoms with van der Waals surface area (Å²) < 4.78 is 0.634. The molecule has 1 unspecified atom stereocenters. The van der Waals surface area contributed by atoms with Gasteiger partial charge < -0.3 is 11.1 Å². The van der Waals surface area contributed by atoms with E-state index >= 15 is 0 Å². The van der Waals surface area contributed by atoms with Crippen LogP contribution in [0.4, 0.5) is 5.69 Å². The first-order valence-electron chi connectivity index (χ1n) is 5.81. The van der Waals surface area contributed by atoms with E-state index in [1.807, 2.05) is 12.3 Å². The van der Waals surface area contributed by atoms with Gasteiger partial charge in [-0.15, -0.1) is 11.3 Å². The summed E-state index contributed by atoms with van der Waals surface area (Å²) in [7, 11) is 0. The molecule has 1 aromatic heterocycles. The van der Waals surface area contributed by atoms with Crippen LogP contribution in [0, 0.1) is 0 Å². The van der Waals surface area contributed by atoms with E-state index in [-0.39, 0.29) is 11.8 Å². The molecule has 0 fully saturated rings. The van der Waals surface area contributed by atoms with Crippen LogP contribution in [-0.2, 0) is 0 Å². The Morgan fingerprint density at radius 1 is 1.58 bits per heavy atom. The lowest BCUT2D eigenvalue weighted by Crippen LogP contribution is -2.27. The number of halogens is 1. The van der Waals surface area contributed by atoms with E-state index in [4.69, 9.17) is 5.73 Å². The fourth-order valence-electron chi connectivity index (χ4n) is 1.63. The molecule has 1 atom stereocenters. The molecule has 1 amide bonds. The summed E-state index contributed by atoms with van der Waals surface area (Å²) >= 11 is 4.92. The predicted molar refractivity (Wildman–Crippen MR) is 81.4 cm³/mol. The molecule has 1 heterocycles. The van der Waals surface area contributed by atoms with Gasteiger partial charge in [0.15, 0.2) is 0 Å². The van der Waals surface area contributed by atoms with E-state index in [9.17, 15) is 4.79 Å². The fourth-order valence-corrected chi connectivity index (χ4v) is 2.77. The number of amides is 1. The largest absolute Gasteiger partial charge is 0.398 e. The van der Waals surface area contributed by atoms with Gasteiger partial charge in [0.1, 0.15) is 0 Å². The third-order valence-corrected chi connectivity index (χ3v) is 4.61. The lowest BCUT2D eigenvalue weighted by molar-refractivity contribution is 0.0951. The van der Waals surface area contributed by atoms with Crippen LogP contribution < -0.4 is 11.1 Å². The molecule has 6 heteroatoms. The smallest absolute Gasteiger partial charge is 0.252 e. The van der Waals surface area contributed by atoms with Crippen LogP contribution in [0.1, 0.15) is 28.2 Å². The third-order valence-electron chi connectivity index (χ3n) is 2.72. The van der Waals surface area contributed by atoms with Crippen molar-refractivity contribution in [3.05, 3.63) is 44.8 Å². The van der Waals surface area contributed by atoms with E-state index < -0.39 is 0 Å². The molecule has 1 aromatic carbocycles. The van der Waals surface area contributed by atoms with E-state index in [2.05, 4.69) is 26.2 Å². The zero-order valence-corrected chi connectivity index (χ0v) is 12.8.